The summed E-state index contributed by atoms with van der Waals surface area (Å²) in [5.74, 6) is 0. The SMILES string of the molecule is C=C(C)CNCCCNC.Cc1ccc(B(O)O)cc1. The Morgan fingerprint density at radius 2 is 1.80 bits per heavy atom. The van der Waals surface area contributed by atoms with Gasteiger partial charge in [-0.2, -0.15) is 0 Å². The molecule has 0 atom stereocenters. The molecular weight excluding hydrogens is 251 g/mol. The van der Waals surface area contributed by atoms with Gasteiger partial charge in [-0.05, 0) is 45.9 Å². The van der Waals surface area contributed by atoms with Gasteiger partial charge in [-0.3, -0.25) is 0 Å². The van der Waals surface area contributed by atoms with Crippen molar-refractivity contribution in [2.24, 2.45) is 0 Å². The number of aryl methyl sites for hydroxylation is 1. The largest absolute Gasteiger partial charge is 0.488 e. The summed E-state index contributed by atoms with van der Waals surface area (Å²) in [5, 5.41) is 23.7. The van der Waals surface area contributed by atoms with Gasteiger partial charge in [-0.15, -0.1) is 0 Å². The fraction of sp³-hybridized carbons (Fsp3) is 0.467. The Labute approximate surface area is 123 Å². The van der Waals surface area contributed by atoms with Crippen LogP contribution in [-0.4, -0.2) is 43.8 Å². The van der Waals surface area contributed by atoms with E-state index in [9.17, 15) is 0 Å². The minimum Gasteiger partial charge on any atom is -0.423 e. The second-order valence-electron chi connectivity index (χ2n) is 4.88. The third-order valence-electron chi connectivity index (χ3n) is 2.58. The van der Waals surface area contributed by atoms with Crippen molar-refractivity contribution in [1.82, 2.24) is 10.6 Å². The van der Waals surface area contributed by atoms with Crippen LogP contribution in [0.2, 0.25) is 0 Å². The van der Waals surface area contributed by atoms with E-state index >= 15 is 0 Å². The fourth-order valence-corrected chi connectivity index (χ4v) is 1.43. The van der Waals surface area contributed by atoms with E-state index in [1.165, 1.54) is 12.0 Å². The second-order valence-corrected chi connectivity index (χ2v) is 4.88. The smallest absolute Gasteiger partial charge is 0.423 e. The van der Waals surface area contributed by atoms with E-state index in [2.05, 4.69) is 17.2 Å². The molecule has 112 valence electrons. The summed E-state index contributed by atoms with van der Waals surface area (Å²) >= 11 is 0. The van der Waals surface area contributed by atoms with Crippen LogP contribution in [0.5, 0.6) is 0 Å². The zero-order valence-corrected chi connectivity index (χ0v) is 12.8. The Morgan fingerprint density at radius 1 is 1.20 bits per heavy atom. The lowest BCUT2D eigenvalue weighted by Gasteiger charge is -2.02. The summed E-state index contributed by atoms with van der Waals surface area (Å²) in [6.07, 6.45) is 1.18. The van der Waals surface area contributed by atoms with Crippen molar-refractivity contribution in [2.75, 3.05) is 26.7 Å². The summed E-state index contributed by atoms with van der Waals surface area (Å²) in [6, 6.07) is 7.07. The number of rotatable bonds is 7. The molecule has 0 fully saturated rings. The van der Waals surface area contributed by atoms with Crippen molar-refractivity contribution in [3.8, 4) is 0 Å². The highest BCUT2D eigenvalue weighted by atomic mass is 16.4. The van der Waals surface area contributed by atoms with Gasteiger partial charge < -0.3 is 20.7 Å². The zero-order valence-electron chi connectivity index (χ0n) is 12.8. The van der Waals surface area contributed by atoms with Crippen LogP contribution in [-0.2, 0) is 0 Å². The van der Waals surface area contributed by atoms with Crippen LogP contribution in [0, 0.1) is 6.92 Å². The lowest BCUT2D eigenvalue weighted by molar-refractivity contribution is 0.426. The van der Waals surface area contributed by atoms with Crippen LogP contribution >= 0.6 is 0 Å². The highest BCUT2D eigenvalue weighted by Gasteiger charge is 2.08. The van der Waals surface area contributed by atoms with Gasteiger partial charge in [-0.1, -0.05) is 42.0 Å². The van der Waals surface area contributed by atoms with Gasteiger partial charge in [0.1, 0.15) is 0 Å². The third-order valence-corrected chi connectivity index (χ3v) is 2.58. The maximum Gasteiger partial charge on any atom is 0.488 e. The lowest BCUT2D eigenvalue weighted by atomic mass is 9.80. The van der Waals surface area contributed by atoms with Gasteiger partial charge >= 0.3 is 7.12 Å². The lowest BCUT2D eigenvalue weighted by Crippen LogP contribution is -2.29. The average Bonchev–Trinajstić information content (AvgIpc) is 2.39. The molecular formula is C15H27BN2O2. The predicted molar refractivity (Wildman–Crippen MR) is 87.2 cm³/mol. The highest BCUT2D eigenvalue weighted by Crippen LogP contribution is 1.92. The Bertz CT molecular complexity index is 367. The van der Waals surface area contributed by atoms with E-state index in [4.69, 9.17) is 10.0 Å². The number of hydrogen-bond acceptors (Lipinski definition) is 4. The van der Waals surface area contributed by atoms with Crippen molar-refractivity contribution in [3.05, 3.63) is 42.0 Å². The molecule has 20 heavy (non-hydrogen) atoms. The molecule has 0 saturated carbocycles. The predicted octanol–water partition coefficient (Wildman–Crippen LogP) is 0.436. The molecule has 5 heteroatoms. The first-order chi connectivity index (χ1) is 9.47. The monoisotopic (exact) mass is 278 g/mol. The molecule has 0 aromatic heterocycles. The molecule has 0 aliphatic carbocycles. The fourth-order valence-electron chi connectivity index (χ4n) is 1.43. The van der Waals surface area contributed by atoms with E-state index < -0.39 is 7.12 Å². The average molecular weight is 278 g/mol. The molecule has 0 radical (unpaired) electrons. The van der Waals surface area contributed by atoms with Gasteiger partial charge in [0.25, 0.3) is 0 Å². The van der Waals surface area contributed by atoms with Crippen LogP contribution < -0.4 is 16.1 Å². The maximum atomic E-state index is 8.67. The molecule has 0 aliphatic heterocycles. The van der Waals surface area contributed by atoms with E-state index in [-0.39, 0.29) is 0 Å². The Balaban J connectivity index is 0.000000361. The van der Waals surface area contributed by atoms with E-state index in [1.807, 2.05) is 33.0 Å². The van der Waals surface area contributed by atoms with Crippen molar-refractivity contribution in [3.63, 3.8) is 0 Å². The summed E-state index contributed by atoms with van der Waals surface area (Å²) in [4.78, 5) is 0. The maximum absolute atomic E-state index is 8.67. The molecule has 1 aromatic carbocycles. The molecule has 0 unspecified atom stereocenters. The van der Waals surface area contributed by atoms with Crippen LogP contribution in [0.3, 0.4) is 0 Å². The zero-order chi connectivity index (χ0) is 15.4. The third kappa shape index (κ3) is 10.8. The topological polar surface area (TPSA) is 64.5 Å². The summed E-state index contributed by atoms with van der Waals surface area (Å²) in [6.45, 7) is 10.9. The Morgan fingerprint density at radius 3 is 2.25 bits per heavy atom. The minimum absolute atomic E-state index is 0.533. The molecule has 4 nitrogen and oxygen atoms in total. The van der Waals surface area contributed by atoms with Crippen molar-refractivity contribution in [2.45, 2.75) is 20.3 Å². The standard InChI is InChI=1S/C8H18N2.C7H9BO2/c1-8(2)7-10-6-4-5-9-3;1-6-2-4-7(5-3-6)8(9)10/h9-10H,1,4-7H2,2-3H3;2-5,9-10H,1H3. The minimum atomic E-state index is -1.35. The van der Waals surface area contributed by atoms with Gasteiger partial charge in [0.15, 0.2) is 0 Å². The normalized spacial score (nSPS) is 9.65. The van der Waals surface area contributed by atoms with E-state index in [1.54, 1.807) is 12.1 Å². The first kappa shape index (κ1) is 18.9. The molecule has 0 saturated heterocycles. The first-order valence-corrected chi connectivity index (χ1v) is 6.89. The molecule has 0 amide bonds. The molecule has 0 aliphatic rings. The summed E-state index contributed by atoms with van der Waals surface area (Å²) in [5.41, 5.74) is 2.85. The van der Waals surface area contributed by atoms with Gasteiger partial charge in [-0.25, -0.2) is 0 Å². The molecule has 0 heterocycles. The van der Waals surface area contributed by atoms with Crippen LogP contribution in [0.1, 0.15) is 18.9 Å². The number of nitrogens with one attached hydrogen (secondary N) is 2. The molecule has 0 bridgehead atoms. The molecule has 4 N–H and O–H groups in total. The van der Waals surface area contributed by atoms with Crippen molar-refractivity contribution >= 4 is 12.6 Å². The highest BCUT2D eigenvalue weighted by molar-refractivity contribution is 6.58. The second kappa shape index (κ2) is 11.7. The quantitative estimate of drug-likeness (QED) is 0.332. The molecule has 1 rings (SSSR count). The number of benzene rings is 1. The van der Waals surface area contributed by atoms with Gasteiger partial charge in [0.05, 0.1) is 0 Å². The summed E-state index contributed by atoms with van der Waals surface area (Å²) < 4.78 is 0. The van der Waals surface area contributed by atoms with Crippen LogP contribution in [0.15, 0.2) is 36.4 Å². The Kier molecular flexibility index (Phi) is 11.0. The van der Waals surface area contributed by atoms with Gasteiger partial charge in [0, 0.05) is 6.54 Å². The van der Waals surface area contributed by atoms with E-state index in [0.717, 1.165) is 25.2 Å². The van der Waals surface area contributed by atoms with Crippen molar-refractivity contribution in [1.29, 1.82) is 0 Å². The molecule has 1 aromatic rings. The summed E-state index contributed by atoms with van der Waals surface area (Å²) in [7, 11) is 0.624. The van der Waals surface area contributed by atoms with Gasteiger partial charge in [0.2, 0.25) is 0 Å². The van der Waals surface area contributed by atoms with Crippen molar-refractivity contribution < 1.29 is 10.0 Å². The number of hydrogen-bond donors (Lipinski definition) is 4. The van der Waals surface area contributed by atoms with E-state index in [0.29, 0.717) is 5.46 Å². The van der Waals surface area contributed by atoms with Crippen LogP contribution in [0.4, 0.5) is 0 Å². The molecule has 0 spiro atoms. The first-order valence-electron chi connectivity index (χ1n) is 6.89. The Hall–Kier alpha value is -1.14. The van der Waals surface area contributed by atoms with Crippen LogP contribution in [0.25, 0.3) is 0 Å².